The van der Waals surface area contributed by atoms with E-state index in [9.17, 15) is 4.79 Å². The molecule has 0 bridgehead atoms. The summed E-state index contributed by atoms with van der Waals surface area (Å²) in [6.07, 6.45) is 1.81. The summed E-state index contributed by atoms with van der Waals surface area (Å²) in [5.74, 6) is 0.421. The molecule has 5 aromatic rings. The smallest absolute Gasteiger partial charge is 0.262 e. The lowest BCUT2D eigenvalue weighted by Gasteiger charge is -2.28. The number of rotatable bonds is 8. The standard InChI is InChI=1S/C35H33N5O2S/c1-23-12-16-27(17-13-23)39-24(2)21-30(25(39)3)34-33(31-11-7-8-20-36-31)38-35(43)40(34)28-18-14-26(15-19-28)37-32(41)22-42-29-9-5-4-6-10-29/h4-21,33-34H,22H2,1-3H3,(H,37,41)(H,38,43)/t33-,34-/m0/s1. The number of pyridine rings is 1. The SMILES string of the molecule is Cc1ccc(-n2c(C)cc([C@H]3[C@H](c4ccccn4)NC(=S)N3c3ccc(NC(=O)COc4ccccc4)cc3)c2C)cc1. The van der Waals surface area contributed by atoms with Gasteiger partial charge in [0.15, 0.2) is 11.7 Å². The first-order chi connectivity index (χ1) is 20.9. The number of nitrogens with zero attached hydrogens (tertiary/aromatic N) is 3. The van der Waals surface area contributed by atoms with E-state index in [0.29, 0.717) is 16.5 Å². The van der Waals surface area contributed by atoms with Crippen LogP contribution >= 0.6 is 12.2 Å². The topological polar surface area (TPSA) is 71.4 Å². The number of amides is 1. The number of anilines is 2. The largest absolute Gasteiger partial charge is 0.484 e. The number of thiocarbonyl (C=S) groups is 1. The lowest BCUT2D eigenvalue weighted by atomic mass is 9.96. The first-order valence-electron chi connectivity index (χ1n) is 14.2. The minimum absolute atomic E-state index is 0.0731. The Morgan fingerprint density at radius 2 is 1.60 bits per heavy atom. The van der Waals surface area contributed by atoms with Crippen LogP contribution in [0.15, 0.2) is 109 Å². The highest BCUT2D eigenvalue weighted by atomic mass is 32.1. The molecule has 6 rings (SSSR count). The van der Waals surface area contributed by atoms with Gasteiger partial charge in [0.25, 0.3) is 5.91 Å². The van der Waals surface area contributed by atoms with E-state index in [1.54, 1.807) is 0 Å². The van der Waals surface area contributed by atoms with Crippen molar-refractivity contribution >= 4 is 34.6 Å². The molecule has 1 aliphatic rings. The number of benzene rings is 3. The zero-order valence-corrected chi connectivity index (χ0v) is 25.1. The first-order valence-corrected chi connectivity index (χ1v) is 14.6. The van der Waals surface area contributed by atoms with Gasteiger partial charge < -0.3 is 24.8 Å². The molecule has 2 aromatic heterocycles. The summed E-state index contributed by atoms with van der Waals surface area (Å²) >= 11 is 5.95. The van der Waals surface area contributed by atoms with Crippen molar-refractivity contribution in [1.82, 2.24) is 14.9 Å². The third-order valence-corrected chi connectivity index (χ3v) is 8.04. The monoisotopic (exact) mass is 587 g/mol. The molecule has 8 heteroatoms. The minimum atomic E-state index is -0.230. The number of hydrogen-bond donors (Lipinski definition) is 2. The van der Waals surface area contributed by atoms with E-state index in [2.05, 4.69) is 71.2 Å². The molecule has 0 aliphatic carbocycles. The number of para-hydroxylation sites is 1. The van der Waals surface area contributed by atoms with Crippen molar-refractivity contribution in [1.29, 1.82) is 0 Å². The van der Waals surface area contributed by atoms with E-state index in [-0.39, 0.29) is 24.6 Å². The van der Waals surface area contributed by atoms with Crippen molar-refractivity contribution in [3.63, 3.8) is 0 Å². The number of carbonyl (C=O) groups excluding carboxylic acids is 1. The normalized spacial score (nSPS) is 16.2. The molecule has 0 saturated carbocycles. The maximum absolute atomic E-state index is 12.5. The molecule has 0 radical (unpaired) electrons. The summed E-state index contributed by atoms with van der Waals surface area (Å²) in [6, 6.07) is 33.5. The average Bonchev–Trinajstić information content (AvgIpc) is 3.52. The predicted octanol–water partition coefficient (Wildman–Crippen LogP) is 6.99. The third kappa shape index (κ3) is 5.87. The van der Waals surface area contributed by atoms with Crippen molar-refractivity contribution in [2.75, 3.05) is 16.8 Å². The van der Waals surface area contributed by atoms with Gasteiger partial charge >= 0.3 is 0 Å². The molecule has 216 valence electrons. The number of ether oxygens (including phenoxy) is 1. The first kappa shape index (κ1) is 28.2. The highest BCUT2D eigenvalue weighted by Gasteiger charge is 2.42. The molecule has 2 atom stereocenters. The van der Waals surface area contributed by atoms with E-state index in [4.69, 9.17) is 21.9 Å². The number of nitrogens with one attached hydrogen (secondary N) is 2. The van der Waals surface area contributed by atoms with Gasteiger partial charge in [0, 0.05) is 34.6 Å². The number of hydrogen-bond acceptors (Lipinski definition) is 4. The maximum Gasteiger partial charge on any atom is 0.262 e. The molecule has 1 saturated heterocycles. The zero-order valence-electron chi connectivity index (χ0n) is 24.3. The van der Waals surface area contributed by atoms with Crippen LogP contribution in [-0.2, 0) is 4.79 Å². The predicted molar refractivity (Wildman–Crippen MR) is 175 cm³/mol. The van der Waals surface area contributed by atoms with Gasteiger partial charge in [0.05, 0.1) is 17.8 Å². The van der Waals surface area contributed by atoms with Crippen molar-refractivity contribution in [3.05, 3.63) is 138 Å². The van der Waals surface area contributed by atoms with Gasteiger partial charge in [0.2, 0.25) is 0 Å². The Labute approximate surface area is 257 Å². The Bertz CT molecular complexity index is 1740. The van der Waals surface area contributed by atoms with E-state index >= 15 is 0 Å². The summed E-state index contributed by atoms with van der Waals surface area (Å²) in [7, 11) is 0. The minimum Gasteiger partial charge on any atom is -0.484 e. The second kappa shape index (κ2) is 12.1. The number of carbonyl (C=O) groups is 1. The lowest BCUT2D eigenvalue weighted by Crippen LogP contribution is -2.29. The van der Waals surface area contributed by atoms with Crippen LogP contribution in [0.5, 0.6) is 5.75 Å². The Morgan fingerprint density at radius 1 is 0.907 bits per heavy atom. The van der Waals surface area contributed by atoms with Crippen molar-refractivity contribution in [2.24, 2.45) is 0 Å². The van der Waals surface area contributed by atoms with Crippen LogP contribution in [0.4, 0.5) is 11.4 Å². The molecule has 7 nitrogen and oxygen atoms in total. The molecule has 3 aromatic carbocycles. The third-order valence-electron chi connectivity index (χ3n) is 7.72. The molecule has 1 amide bonds. The fourth-order valence-corrected chi connectivity index (χ4v) is 6.04. The summed E-state index contributed by atoms with van der Waals surface area (Å²) in [5, 5.41) is 7.08. The second-order valence-electron chi connectivity index (χ2n) is 10.7. The zero-order chi connectivity index (χ0) is 29.9. The average molecular weight is 588 g/mol. The molecule has 0 unspecified atom stereocenters. The lowest BCUT2D eigenvalue weighted by molar-refractivity contribution is -0.118. The molecule has 2 N–H and O–H groups in total. The van der Waals surface area contributed by atoms with Crippen LogP contribution in [0, 0.1) is 20.8 Å². The summed E-state index contributed by atoms with van der Waals surface area (Å²) in [4.78, 5) is 19.4. The van der Waals surface area contributed by atoms with Crippen LogP contribution in [0.1, 0.15) is 40.3 Å². The van der Waals surface area contributed by atoms with Gasteiger partial charge in [-0.1, -0.05) is 42.0 Å². The van der Waals surface area contributed by atoms with E-state index in [0.717, 1.165) is 34.0 Å². The summed E-state index contributed by atoms with van der Waals surface area (Å²) in [5.41, 5.74) is 8.31. The van der Waals surface area contributed by atoms with Gasteiger partial charge in [-0.3, -0.25) is 9.78 Å². The van der Waals surface area contributed by atoms with Crippen LogP contribution in [0.3, 0.4) is 0 Å². The fourth-order valence-electron chi connectivity index (χ4n) is 5.70. The van der Waals surface area contributed by atoms with Crippen LogP contribution < -0.4 is 20.3 Å². The van der Waals surface area contributed by atoms with E-state index < -0.39 is 0 Å². The summed E-state index contributed by atoms with van der Waals surface area (Å²) in [6.45, 7) is 6.32. The Hall–Kier alpha value is -4.95. The molecule has 1 aliphatic heterocycles. The van der Waals surface area contributed by atoms with Gasteiger partial charge in [-0.15, -0.1) is 0 Å². The Kier molecular flexibility index (Phi) is 7.94. The van der Waals surface area contributed by atoms with Crippen molar-refractivity contribution in [3.8, 4) is 11.4 Å². The quantitative estimate of drug-likeness (QED) is 0.191. The number of aromatic nitrogens is 2. The van der Waals surface area contributed by atoms with E-state index in [1.165, 1.54) is 5.56 Å². The highest BCUT2D eigenvalue weighted by molar-refractivity contribution is 7.80. The van der Waals surface area contributed by atoms with Crippen LogP contribution in [-0.4, -0.2) is 27.2 Å². The summed E-state index contributed by atoms with van der Waals surface area (Å²) < 4.78 is 7.87. The van der Waals surface area contributed by atoms with Gasteiger partial charge in [-0.05, 0) is 105 Å². The van der Waals surface area contributed by atoms with Crippen LogP contribution in [0.25, 0.3) is 5.69 Å². The van der Waals surface area contributed by atoms with Gasteiger partial charge in [0.1, 0.15) is 5.75 Å². The molecule has 1 fully saturated rings. The second-order valence-corrected chi connectivity index (χ2v) is 11.1. The molecular formula is C35H33N5O2S. The Morgan fingerprint density at radius 3 is 2.30 bits per heavy atom. The van der Waals surface area contributed by atoms with Crippen molar-refractivity contribution < 1.29 is 9.53 Å². The maximum atomic E-state index is 12.5. The van der Waals surface area contributed by atoms with Gasteiger partial charge in [-0.2, -0.15) is 0 Å². The molecule has 0 spiro atoms. The molecule has 3 heterocycles. The van der Waals surface area contributed by atoms with Gasteiger partial charge in [-0.25, -0.2) is 0 Å². The Balaban J connectivity index is 1.30. The molecular weight excluding hydrogens is 554 g/mol. The van der Waals surface area contributed by atoms with Crippen LogP contribution in [0.2, 0.25) is 0 Å². The highest BCUT2D eigenvalue weighted by Crippen LogP contribution is 2.44. The fraction of sp³-hybridized carbons (Fsp3) is 0.171. The van der Waals surface area contributed by atoms with E-state index in [1.807, 2.05) is 79.0 Å². The molecule has 43 heavy (non-hydrogen) atoms. The number of aryl methyl sites for hydroxylation is 2. The van der Waals surface area contributed by atoms with Crippen molar-refractivity contribution in [2.45, 2.75) is 32.9 Å².